The molecule has 5 nitrogen and oxygen atoms in total. The van der Waals surface area contributed by atoms with Gasteiger partial charge in [-0.25, -0.2) is 4.90 Å². The minimum Gasteiger partial charge on any atom is -0.496 e. The molecule has 1 aliphatic heterocycles. The van der Waals surface area contributed by atoms with Crippen molar-refractivity contribution >= 4 is 28.8 Å². The Morgan fingerprint density at radius 1 is 0.781 bits per heavy atom. The molecule has 0 aliphatic carbocycles. The molecule has 0 bridgehead atoms. The lowest BCUT2D eigenvalue weighted by Crippen LogP contribution is -2.32. The monoisotopic (exact) mass is 426 g/mol. The fraction of sp³-hybridized carbons (Fsp3) is 0.185. The van der Waals surface area contributed by atoms with Gasteiger partial charge < -0.3 is 10.1 Å². The number of aryl methyl sites for hydroxylation is 4. The molecule has 0 atom stereocenters. The van der Waals surface area contributed by atoms with E-state index in [1.807, 2.05) is 76.2 Å². The van der Waals surface area contributed by atoms with E-state index in [-0.39, 0.29) is 17.5 Å². The number of methoxy groups -OCH3 is 1. The number of carbonyl (C=O) groups is 2. The summed E-state index contributed by atoms with van der Waals surface area (Å²) in [6.45, 7) is 7.94. The second-order valence-electron chi connectivity index (χ2n) is 8.17. The van der Waals surface area contributed by atoms with Crippen LogP contribution in [0.2, 0.25) is 0 Å². The average Bonchev–Trinajstić information content (AvgIpc) is 2.99. The summed E-state index contributed by atoms with van der Waals surface area (Å²) in [6, 6.07) is 18.8. The molecule has 3 aromatic carbocycles. The van der Waals surface area contributed by atoms with Crippen molar-refractivity contribution in [3.8, 4) is 5.75 Å². The molecular weight excluding hydrogens is 400 g/mol. The van der Waals surface area contributed by atoms with Crippen LogP contribution in [-0.4, -0.2) is 18.9 Å². The number of carbonyl (C=O) groups excluding carboxylic acids is 2. The van der Waals surface area contributed by atoms with Crippen LogP contribution in [0, 0.1) is 27.7 Å². The van der Waals surface area contributed by atoms with Gasteiger partial charge in [-0.3, -0.25) is 9.59 Å². The van der Waals surface area contributed by atoms with Crippen LogP contribution in [-0.2, 0) is 9.59 Å². The molecule has 0 aromatic heterocycles. The van der Waals surface area contributed by atoms with Crippen LogP contribution in [0.4, 0.5) is 11.4 Å². The summed E-state index contributed by atoms with van der Waals surface area (Å²) >= 11 is 0. The minimum absolute atomic E-state index is 0.238. The van der Waals surface area contributed by atoms with Crippen molar-refractivity contribution in [2.24, 2.45) is 0 Å². The van der Waals surface area contributed by atoms with E-state index in [0.29, 0.717) is 22.6 Å². The Labute approximate surface area is 188 Å². The first-order valence-electron chi connectivity index (χ1n) is 10.5. The third-order valence-electron chi connectivity index (χ3n) is 5.70. The predicted octanol–water partition coefficient (Wildman–Crippen LogP) is 5.33. The van der Waals surface area contributed by atoms with Crippen molar-refractivity contribution in [1.29, 1.82) is 0 Å². The summed E-state index contributed by atoms with van der Waals surface area (Å²) in [5.74, 6) is -0.236. The van der Waals surface area contributed by atoms with Gasteiger partial charge in [0.25, 0.3) is 11.8 Å². The highest BCUT2D eigenvalue weighted by Gasteiger charge is 2.41. The van der Waals surface area contributed by atoms with Crippen molar-refractivity contribution in [3.05, 3.63) is 94.2 Å². The number of benzene rings is 3. The van der Waals surface area contributed by atoms with Gasteiger partial charge in [0.15, 0.2) is 0 Å². The Kier molecular flexibility index (Phi) is 5.57. The van der Waals surface area contributed by atoms with E-state index < -0.39 is 0 Å². The summed E-state index contributed by atoms with van der Waals surface area (Å²) in [5.41, 5.74) is 6.63. The molecule has 0 fully saturated rings. The van der Waals surface area contributed by atoms with Gasteiger partial charge >= 0.3 is 0 Å². The van der Waals surface area contributed by atoms with E-state index in [1.54, 1.807) is 19.2 Å². The normalized spacial score (nSPS) is 13.7. The average molecular weight is 427 g/mol. The number of hydrogen-bond donors (Lipinski definition) is 1. The zero-order chi connectivity index (χ0) is 23.0. The Hall–Kier alpha value is -3.86. The second kappa shape index (κ2) is 8.35. The molecule has 0 unspecified atom stereocenters. The number of nitrogens with one attached hydrogen (secondary N) is 1. The highest BCUT2D eigenvalue weighted by molar-refractivity contribution is 6.46. The van der Waals surface area contributed by atoms with Crippen LogP contribution in [0.15, 0.2) is 66.4 Å². The molecule has 5 heteroatoms. The number of amides is 2. The molecular formula is C27H26N2O3. The molecule has 4 rings (SSSR count). The summed E-state index contributed by atoms with van der Waals surface area (Å²) in [6.07, 6.45) is 0. The first-order chi connectivity index (χ1) is 15.3. The molecule has 162 valence electrons. The van der Waals surface area contributed by atoms with Gasteiger partial charge in [-0.2, -0.15) is 0 Å². The standard InChI is InChI=1S/C27H26N2O3/c1-16-12-17(2)14-21(13-16)29-26(30)24(22-8-6-7-9-23(22)32-5)25(27(29)31)28-20-11-10-18(3)19(4)15-20/h6-15,28H,1-5H3. The lowest BCUT2D eigenvalue weighted by molar-refractivity contribution is -0.120. The smallest absolute Gasteiger partial charge is 0.282 e. The number of nitrogens with zero attached hydrogens (tertiary/aromatic N) is 1. The maximum Gasteiger partial charge on any atom is 0.282 e. The van der Waals surface area contributed by atoms with E-state index in [9.17, 15) is 9.59 Å². The second-order valence-corrected chi connectivity index (χ2v) is 8.17. The first kappa shape index (κ1) is 21.4. The maximum atomic E-state index is 13.7. The molecule has 1 heterocycles. The third-order valence-corrected chi connectivity index (χ3v) is 5.70. The van der Waals surface area contributed by atoms with E-state index in [0.717, 1.165) is 27.9 Å². The molecule has 0 spiro atoms. The van der Waals surface area contributed by atoms with Crippen molar-refractivity contribution in [2.75, 3.05) is 17.3 Å². The largest absolute Gasteiger partial charge is 0.496 e. The quantitative estimate of drug-likeness (QED) is 0.561. The summed E-state index contributed by atoms with van der Waals surface area (Å²) < 4.78 is 5.51. The van der Waals surface area contributed by atoms with Crippen molar-refractivity contribution < 1.29 is 14.3 Å². The highest BCUT2D eigenvalue weighted by atomic mass is 16.5. The van der Waals surface area contributed by atoms with Crippen LogP contribution in [0.3, 0.4) is 0 Å². The van der Waals surface area contributed by atoms with E-state index in [4.69, 9.17) is 4.74 Å². The molecule has 1 aliphatic rings. The van der Waals surface area contributed by atoms with E-state index in [2.05, 4.69) is 5.32 Å². The number of imide groups is 1. The minimum atomic E-state index is -0.390. The van der Waals surface area contributed by atoms with Crippen molar-refractivity contribution in [2.45, 2.75) is 27.7 Å². The van der Waals surface area contributed by atoms with Gasteiger partial charge in [0.1, 0.15) is 11.4 Å². The summed E-state index contributed by atoms with van der Waals surface area (Å²) in [4.78, 5) is 28.5. The maximum absolute atomic E-state index is 13.7. The third kappa shape index (κ3) is 3.78. The fourth-order valence-electron chi connectivity index (χ4n) is 4.02. The van der Waals surface area contributed by atoms with Gasteiger partial charge in [-0.15, -0.1) is 0 Å². The van der Waals surface area contributed by atoms with Crippen LogP contribution in [0.1, 0.15) is 27.8 Å². The van der Waals surface area contributed by atoms with Crippen LogP contribution in [0.5, 0.6) is 5.75 Å². The van der Waals surface area contributed by atoms with E-state index >= 15 is 0 Å². The van der Waals surface area contributed by atoms with Gasteiger partial charge in [-0.05, 0) is 80.3 Å². The highest BCUT2D eigenvalue weighted by Crippen LogP contribution is 2.37. The Balaban J connectivity index is 1.88. The molecule has 3 aromatic rings. The first-order valence-corrected chi connectivity index (χ1v) is 10.5. The zero-order valence-electron chi connectivity index (χ0n) is 18.9. The topological polar surface area (TPSA) is 58.6 Å². The Bertz CT molecular complexity index is 1250. The number of anilines is 2. The van der Waals surface area contributed by atoms with Gasteiger partial charge in [0, 0.05) is 11.3 Å². The zero-order valence-corrected chi connectivity index (χ0v) is 18.9. The Morgan fingerprint density at radius 3 is 2.12 bits per heavy atom. The number of para-hydroxylation sites is 1. The van der Waals surface area contributed by atoms with E-state index in [1.165, 1.54) is 4.90 Å². The Morgan fingerprint density at radius 2 is 1.47 bits per heavy atom. The lowest BCUT2D eigenvalue weighted by Gasteiger charge is -2.17. The molecule has 0 radical (unpaired) electrons. The SMILES string of the molecule is COc1ccccc1C1=C(Nc2ccc(C)c(C)c2)C(=O)N(c2cc(C)cc(C)c2)C1=O. The summed E-state index contributed by atoms with van der Waals surface area (Å²) in [7, 11) is 1.55. The molecule has 1 N–H and O–H groups in total. The van der Waals surface area contributed by atoms with Gasteiger partial charge in [0.05, 0.1) is 18.4 Å². The molecule has 0 saturated heterocycles. The van der Waals surface area contributed by atoms with Crippen LogP contribution in [0.25, 0.3) is 5.57 Å². The van der Waals surface area contributed by atoms with Crippen LogP contribution >= 0.6 is 0 Å². The van der Waals surface area contributed by atoms with Gasteiger partial charge in [-0.1, -0.05) is 30.3 Å². The fourth-order valence-corrected chi connectivity index (χ4v) is 4.02. The predicted molar refractivity (Wildman–Crippen MR) is 128 cm³/mol. The summed E-state index contributed by atoms with van der Waals surface area (Å²) in [5, 5.41) is 3.23. The molecule has 2 amide bonds. The lowest BCUT2D eigenvalue weighted by atomic mass is 10.0. The molecule has 0 saturated carbocycles. The van der Waals surface area contributed by atoms with Crippen molar-refractivity contribution in [1.82, 2.24) is 0 Å². The number of ether oxygens (including phenoxy) is 1. The molecule has 32 heavy (non-hydrogen) atoms. The van der Waals surface area contributed by atoms with Crippen molar-refractivity contribution in [3.63, 3.8) is 0 Å². The number of rotatable bonds is 5. The van der Waals surface area contributed by atoms with Gasteiger partial charge in [0.2, 0.25) is 0 Å². The van der Waals surface area contributed by atoms with Crippen LogP contribution < -0.4 is 15.0 Å². The number of hydrogen-bond acceptors (Lipinski definition) is 4.